The third-order valence-electron chi connectivity index (χ3n) is 17.3. The molecule has 4 aliphatic heterocycles. The molecular weight excluding hydrogens is 1680 g/mol. The van der Waals surface area contributed by atoms with Crippen LogP contribution in [0.25, 0.3) is 24.3 Å². The Bertz CT molecular complexity index is 4440. The number of esters is 1. The predicted molar refractivity (Wildman–Crippen MR) is 481 cm³/mol. The van der Waals surface area contributed by atoms with Crippen LogP contribution >= 0.6 is 31.9 Å². The van der Waals surface area contributed by atoms with Gasteiger partial charge in [0.05, 0.1) is 41.0 Å². The minimum Gasteiger partial charge on any atom is -0.870 e. The fourth-order valence-electron chi connectivity index (χ4n) is 12.0. The molecule has 4 aromatic rings. The van der Waals surface area contributed by atoms with E-state index in [1.54, 1.807) is 98.7 Å². The standard InChI is InChI=1S/C24H34N4O5.C23H32N4O5.C22H31BrN4O3.C11H9BrN2O2.C8H18.Li.H2O/c1-6-11-28(12-7-10-26-23(31)33-24(2,3)4)21(29)18-13-16-8-9-17(22(30)32-5)14-19(16)27-20(25)15-18;1-5-10-27(11-6-9-25-22(31)32-23(2,3)4)20(28)17-12-15-7-8-16(21(29)30)13-18(15)26-19(24)14-17;1-5-10-27(11-6-9-25-21(29)30-22(2,3)4)20(28)16-12-15-7-8-17(23)14-18(15)26-19(24)13-16;12-8-2-1-6-3-7(11(15)16)4-10(13)14-9(6)5-8;1-3-5-7-8-6-4-2;;/h8-9,13-14H,6-7,10-12,15H2,1-5H3,(H2,25,27)(H,26,31);7-8,12-13H,5-6,9-11,14H2,1-4H3,(H2,24,26)(H,25,31)(H,29,30);7-8,12,14H,5-6,9-11,13H2,1-4H3,(H2,24,26)(H,25,29);1-3,5H,4H2,(H2,13,14)(H,15,16);3-8H2,1-2H3;;1H2/q;;;;;+1;/p-1. The SMILES string of the molecule is CCCCCCCC.CCCN(CCCNC(=O)OC(C)(C)C)C(=O)C1=Cc2ccc(Br)cc2N=C(N)C1.CCCN(CCCNC(=O)OC(C)(C)C)C(=O)C1=Cc2ccc(C(=O)O)cc2N=C(N)C1.CCCN(CCCNC(=O)OC(C)(C)C)C(=O)C1=Cc2ccc(C(=O)OC)cc2N=C(N)C1.NC1=Nc2cc(Br)ccc2C=C(C(=O)O)C1.[Li+].[OH-]. The van der Waals surface area contributed by atoms with Crippen LogP contribution < -0.4 is 57.7 Å². The zero-order valence-electron chi connectivity index (χ0n) is 73.3. The number of nitrogens with zero attached hydrogens (tertiary/aromatic N) is 7. The molecule has 30 nitrogen and oxygen atoms in total. The van der Waals surface area contributed by atoms with Gasteiger partial charge in [0.15, 0.2) is 0 Å². The zero-order valence-corrected chi connectivity index (χ0v) is 76.4. The molecule has 33 heteroatoms. The molecule has 4 aliphatic rings. The summed E-state index contributed by atoms with van der Waals surface area (Å²) in [6.07, 6.45) is 19.1. The van der Waals surface area contributed by atoms with Gasteiger partial charge in [0.25, 0.3) is 0 Å². The minimum absolute atomic E-state index is 0. The van der Waals surface area contributed by atoms with Gasteiger partial charge in [-0.05, 0) is 174 Å². The topological polar surface area (TPSA) is 460 Å². The molecule has 0 radical (unpaired) electrons. The van der Waals surface area contributed by atoms with Gasteiger partial charge in [0.1, 0.15) is 40.1 Å². The number of methoxy groups -OCH3 is 1. The number of aliphatic carboxylic acids is 1. The first-order chi connectivity index (χ1) is 56.1. The number of amidine groups is 4. The van der Waals surface area contributed by atoms with Crippen molar-refractivity contribution in [3.63, 3.8) is 0 Å². The average Bonchev–Trinajstić information content (AvgIpc) is 1.74. The number of aromatic carboxylic acids is 1. The second kappa shape index (κ2) is 53.6. The van der Waals surface area contributed by atoms with Crippen molar-refractivity contribution in [3.8, 4) is 0 Å². The molecule has 121 heavy (non-hydrogen) atoms. The Morgan fingerprint density at radius 1 is 0.397 bits per heavy atom. The van der Waals surface area contributed by atoms with Gasteiger partial charge in [-0.15, -0.1) is 0 Å². The first kappa shape index (κ1) is 107. The van der Waals surface area contributed by atoms with Crippen molar-refractivity contribution in [1.29, 1.82) is 0 Å². The molecule has 0 saturated carbocycles. The van der Waals surface area contributed by atoms with Crippen molar-refractivity contribution >= 4 is 156 Å². The molecule has 0 saturated heterocycles. The van der Waals surface area contributed by atoms with E-state index in [2.05, 4.69) is 81.6 Å². The molecule has 0 unspecified atom stereocenters. The van der Waals surface area contributed by atoms with Crippen molar-refractivity contribution in [1.82, 2.24) is 30.7 Å². The number of amides is 6. The zero-order chi connectivity index (χ0) is 88.7. The van der Waals surface area contributed by atoms with E-state index in [1.807, 2.05) is 84.0 Å². The molecule has 4 aromatic carbocycles. The van der Waals surface area contributed by atoms with Crippen LogP contribution in [0.4, 0.5) is 37.1 Å². The molecule has 8 rings (SSSR count). The molecule has 4 heterocycles. The van der Waals surface area contributed by atoms with Crippen molar-refractivity contribution < 1.29 is 96.6 Å². The van der Waals surface area contributed by atoms with E-state index < -0.39 is 53.0 Å². The van der Waals surface area contributed by atoms with E-state index in [-0.39, 0.29) is 78.3 Å². The van der Waals surface area contributed by atoms with Gasteiger partial charge in [-0.2, -0.15) is 0 Å². The molecule has 0 bridgehead atoms. The molecule has 0 fully saturated rings. The van der Waals surface area contributed by atoms with Crippen LogP contribution in [0, 0.1) is 0 Å². The average molecular weight is 1800 g/mol. The number of ether oxygens (including phenoxy) is 4. The summed E-state index contributed by atoms with van der Waals surface area (Å²) in [5.74, 6) is -1.57. The number of unbranched alkanes of at least 4 members (excludes halogenated alkanes) is 5. The van der Waals surface area contributed by atoms with Crippen molar-refractivity contribution in [2.24, 2.45) is 42.9 Å². The van der Waals surface area contributed by atoms with E-state index in [0.717, 1.165) is 45.0 Å². The summed E-state index contributed by atoms with van der Waals surface area (Å²) in [5.41, 5.74) is 29.8. The first-order valence-corrected chi connectivity index (χ1v) is 42.0. The Balaban J connectivity index is 0.000000537. The molecule has 0 aromatic heterocycles. The number of aliphatic imine (C=N–C) groups is 4. The number of halogens is 2. The van der Waals surface area contributed by atoms with Gasteiger partial charge in [0.2, 0.25) is 17.7 Å². The molecule has 0 spiro atoms. The number of alkyl carbamates (subject to hydrolysis) is 3. The summed E-state index contributed by atoms with van der Waals surface area (Å²) in [4.78, 5) is 132. The van der Waals surface area contributed by atoms with Gasteiger partial charge in [-0.1, -0.05) is 129 Å². The van der Waals surface area contributed by atoms with Crippen LogP contribution in [0.2, 0.25) is 0 Å². The van der Waals surface area contributed by atoms with Gasteiger partial charge < -0.3 is 88.2 Å². The number of hydrogen-bond acceptors (Lipinski definition) is 22. The van der Waals surface area contributed by atoms with E-state index in [1.165, 1.54) is 57.8 Å². The number of rotatable bonds is 29. The minimum atomic E-state index is -1.06. The first-order valence-electron chi connectivity index (χ1n) is 40.4. The van der Waals surface area contributed by atoms with Crippen molar-refractivity contribution in [2.45, 2.75) is 216 Å². The Morgan fingerprint density at radius 3 is 0.959 bits per heavy atom. The Kier molecular flexibility index (Phi) is 47.4. The molecular formula is C88H125Br2LiN14O16. The van der Waals surface area contributed by atoms with Gasteiger partial charge in [-0.3, -0.25) is 14.4 Å². The largest absolute Gasteiger partial charge is 1.00 e. The number of carboxylic acids is 2. The summed E-state index contributed by atoms with van der Waals surface area (Å²) < 4.78 is 22.2. The second-order valence-corrected chi connectivity index (χ2v) is 33.3. The monoisotopic (exact) mass is 1800 g/mol. The maximum Gasteiger partial charge on any atom is 1.00 e. The summed E-state index contributed by atoms with van der Waals surface area (Å²) in [6.45, 7) is 31.2. The second-order valence-electron chi connectivity index (χ2n) is 31.5. The summed E-state index contributed by atoms with van der Waals surface area (Å²) in [5, 5.41) is 26.3. The number of nitrogens with two attached hydrogens (primary N) is 4. The Hall–Kier alpha value is -10.1. The molecule has 6 amide bonds. The van der Waals surface area contributed by atoms with E-state index in [4.69, 9.17) is 47.0 Å². The maximum atomic E-state index is 13.3. The summed E-state index contributed by atoms with van der Waals surface area (Å²) >= 11 is 6.77. The maximum absolute atomic E-state index is 13.3. The molecule has 658 valence electrons. The molecule has 0 atom stereocenters. The van der Waals surface area contributed by atoms with E-state index >= 15 is 0 Å². The van der Waals surface area contributed by atoms with Crippen LogP contribution in [0.5, 0.6) is 0 Å². The van der Waals surface area contributed by atoms with Crippen LogP contribution in [0.15, 0.2) is 124 Å². The Morgan fingerprint density at radius 2 is 0.678 bits per heavy atom. The quantitative estimate of drug-likeness (QED) is 0.0105. The van der Waals surface area contributed by atoms with Crippen LogP contribution in [0.3, 0.4) is 0 Å². The van der Waals surface area contributed by atoms with Gasteiger partial charge >= 0.3 is 55.0 Å². The van der Waals surface area contributed by atoms with Crippen LogP contribution in [-0.4, -0.2) is 190 Å². The molecule has 0 aliphatic carbocycles. The van der Waals surface area contributed by atoms with Gasteiger partial charge in [0, 0.05) is 138 Å². The smallest absolute Gasteiger partial charge is 0.870 e. The van der Waals surface area contributed by atoms with E-state index in [9.17, 15) is 48.3 Å². The fourth-order valence-corrected chi connectivity index (χ4v) is 12.7. The summed E-state index contributed by atoms with van der Waals surface area (Å²) in [7, 11) is 1.31. The van der Waals surface area contributed by atoms with Crippen molar-refractivity contribution in [3.05, 3.63) is 137 Å². The number of nitrogens with one attached hydrogen (secondary N) is 3. The summed E-state index contributed by atoms with van der Waals surface area (Å²) in [6, 6.07) is 20.7. The normalized spacial score (nSPS) is 13.0. The van der Waals surface area contributed by atoms with E-state index in [0.29, 0.717) is 153 Å². The predicted octanol–water partition coefficient (Wildman–Crippen LogP) is 13.6. The van der Waals surface area contributed by atoms with Crippen molar-refractivity contribution in [2.75, 3.05) is 66.0 Å². The van der Waals surface area contributed by atoms with Gasteiger partial charge in [-0.25, -0.2) is 48.7 Å². The fraction of sp³-hybridized carbons (Fsp3) is 0.489. The number of hydrogen-bond donors (Lipinski definition) is 9. The van der Waals surface area contributed by atoms with Crippen LogP contribution in [-0.2, 0) is 38.1 Å². The number of carbonyl (C=O) groups excluding carboxylic acids is 7. The molecule has 14 N–H and O–H groups in total. The Labute approximate surface area is 741 Å². The number of fused-ring (bicyclic) bond motifs is 4. The number of carbonyl (C=O) groups is 9. The van der Waals surface area contributed by atoms with Crippen LogP contribution in [0.1, 0.15) is 243 Å². The third-order valence-corrected chi connectivity index (χ3v) is 18.3. The third kappa shape index (κ3) is 40.4. The number of benzene rings is 4. The number of carboxylic acid groups (broad SMARTS) is 2.